The van der Waals surface area contributed by atoms with Crippen molar-refractivity contribution in [1.29, 1.82) is 0 Å². The normalized spacial score (nSPS) is 12.4. The maximum atomic E-state index is 10.5. The molecule has 5 N–H and O–H groups in total. The molecule has 0 fully saturated rings. The van der Waals surface area contributed by atoms with Crippen LogP contribution in [0.15, 0.2) is 22.7 Å². The number of benzene rings is 1. The Labute approximate surface area is 90.0 Å². The Bertz CT molecular complexity index is 355. The van der Waals surface area contributed by atoms with Gasteiger partial charge in [-0.15, -0.1) is 0 Å². The Balaban J connectivity index is 2.82. The highest BCUT2D eigenvalue weighted by atomic mass is 79.9. The smallest absolute Gasteiger partial charge is 0.320 e. The first-order chi connectivity index (χ1) is 6.50. The second kappa shape index (κ2) is 4.43. The number of anilines is 1. The van der Waals surface area contributed by atoms with E-state index in [1.165, 1.54) is 0 Å². The van der Waals surface area contributed by atoms with Crippen LogP contribution in [0.25, 0.3) is 0 Å². The van der Waals surface area contributed by atoms with E-state index in [4.69, 9.17) is 16.6 Å². The summed E-state index contributed by atoms with van der Waals surface area (Å²) in [6.45, 7) is 0. The molecular weight excluding hydrogens is 248 g/mol. The zero-order valence-electron chi connectivity index (χ0n) is 7.40. The lowest BCUT2D eigenvalue weighted by atomic mass is 10.1. The molecule has 0 bridgehead atoms. The van der Waals surface area contributed by atoms with E-state index in [0.29, 0.717) is 5.69 Å². The maximum Gasteiger partial charge on any atom is 0.320 e. The number of hydrogen-bond donors (Lipinski definition) is 3. The summed E-state index contributed by atoms with van der Waals surface area (Å²) in [5, 5.41) is 8.62. The molecule has 1 rings (SSSR count). The van der Waals surface area contributed by atoms with Crippen LogP contribution in [0.1, 0.15) is 5.56 Å². The van der Waals surface area contributed by atoms with Gasteiger partial charge in [0.05, 0.1) is 0 Å². The van der Waals surface area contributed by atoms with Crippen LogP contribution in [0.5, 0.6) is 0 Å². The molecule has 76 valence electrons. The lowest BCUT2D eigenvalue weighted by Crippen LogP contribution is -2.32. The fraction of sp³-hybridized carbons (Fsp3) is 0.222. The van der Waals surface area contributed by atoms with E-state index in [1.54, 1.807) is 18.2 Å². The van der Waals surface area contributed by atoms with E-state index in [0.717, 1.165) is 10.0 Å². The van der Waals surface area contributed by atoms with Crippen molar-refractivity contribution in [2.24, 2.45) is 5.73 Å². The van der Waals surface area contributed by atoms with Crippen molar-refractivity contribution in [1.82, 2.24) is 0 Å². The van der Waals surface area contributed by atoms with E-state index < -0.39 is 12.0 Å². The average molecular weight is 259 g/mol. The van der Waals surface area contributed by atoms with Gasteiger partial charge >= 0.3 is 5.97 Å². The van der Waals surface area contributed by atoms with Crippen LogP contribution >= 0.6 is 15.9 Å². The number of carboxylic acids is 1. The Hall–Kier alpha value is -1.07. The van der Waals surface area contributed by atoms with Gasteiger partial charge in [0, 0.05) is 10.2 Å². The lowest BCUT2D eigenvalue weighted by Gasteiger charge is -2.08. The van der Waals surface area contributed by atoms with Gasteiger partial charge in [-0.2, -0.15) is 0 Å². The number of halogens is 1. The number of nitrogen functional groups attached to an aromatic ring is 1. The lowest BCUT2D eigenvalue weighted by molar-refractivity contribution is -0.138. The Kier molecular flexibility index (Phi) is 3.49. The minimum absolute atomic E-state index is 0.288. The minimum Gasteiger partial charge on any atom is -0.480 e. The van der Waals surface area contributed by atoms with Gasteiger partial charge in [0.1, 0.15) is 6.04 Å². The predicted molar refractivity (Wildman–Crippen MR) is 57.9 cm³/mol. The van der Waals surface area contributed by atoms with Crippen LogP contribution < -0.4 is 11.5 Å². The zero-order chi connectivity index (χ0) is 10.7. The number of aliphatic carboxylic acids is 1. The molecule has 0 aliphatic rings. The standard InChI is InChI=1S/C9H11BrN2O2/c10-7-4-6(11)2-1-5(7)3-8(12)9(13)14/h1-2,4,8H,3,11-12H2,(H,13,14)/t8-/m0/s1. The summed E-state index contributed by atoms with van der Waals surface area (Å²) in [7, 11) is 0. The van der Waals surface area contributed by atoms with Gasteiger partial charge in [0.15, 0.2) is 0 Å². The molecule has 0 aromatic heterocycles. The highest BCUT2D eigenvalue weighted by molar-refractivity contribution is 9.10. The highest BCUT2D eigenvalue weighted by Gasteiger charge is 2.13. The fourth-order valence-electron chi connectivity index (χ4n) is 1.05. The second-order valence-corrected chi connectivity index (χ2v) is 3.85. The molecule has 1 aromatic carbocycles. The molecule has 4 nitrogen and oxygen atoms in total. The molecule has 0 saturated heterocycles. The first kappa shape index (κ1) is 11.0. The van der Waals surface area contributed by atoms with Crippen LogP contribution in [-0.4, -0.2) is 17.1 Å². The molecule has 0 saturated carbocycles. The van der Waals surface area contributed by atoms with Gasteiger partial charge in [-0.25, -0.2) is 0 Å². The van der Waals surface area contributed by atoms with Crippen LogP contribution in [0.4, 0.5) is 5.69 Å². The molecule has 0 aliphatic carbocycles. The SMILES string of the molecule is Nc1ccc(C[C@H](N)C(=O)O)c(Br)c1. The topological polar surface area (TPSA) is 89.3 Å². The van der Waals surface area contributed by atoms with Gasteiger partial charge in [-0.3, -0.25) is 4.79 Å². The van der Waals surface area contributed by atoms with Crippen LogP contribution in [-0.2, 0) is 11.2 Å². The van der Waals surface area contributed by atoms with Crippen molar-refractivity contribution in [2.45, 2.75) is 12.5 Å². The maximum absolute atomic E-state index is 10.5. The molecule has 0 radical (unpaired) electrons. The Morgan fingerprint density at radius 2 is 2.21 bits per heavy atom. The fourth-order valence-corrected chi connectivity index (χ4v) is 1.61. The van der Waals surface area contributed by atoms with E-state index >= 15 is 0 Å². The first-order valence-corrected chi connectivity index (χ1v) is 4.82. The number of carbonyl (C=O) groups is 1. The molecular formula is C9H11BrN2O2. The Morgan fingerprint density at radius 3 is 2.71 bits per heavy atom. The molecule has 5 heteroatoms. The quantitative estimate of drug-likeness (QED) is 0.706. The molecule has 0 heterocycles. The zero-order valence-corrected chi connectivity index (χ0v) is 8.99. The van der Waals surface area contributed by atoms with Crippen molar-refractivity contribution in [2.75, 3.05) is 5.73 Å². The van der Waals surface area contributed by atoms with Crippen molar-refractivity contribution < 1.29 is 9.90 Å². The summed E-state index contributed by atoms with van der Waals surface area (Å²) in [5.41, 5.74) is 12.4. The molecule has 1 atom stereocenters. The molecule has 1 aromatic rings. The number of nitrogens with two attached hydrogens (primary N) is 2. The third kappa shape index (κ3) is 2.71. The molecule has 0 spiro atoms. The van der Waals surface area contributed by atoms with Gasteiger partial charge in [0.2, 0.25) is 0 Å². The summed E-state index contributed by atoms with van der Waals surface area (Å²) < 4.78 is 0.786. The van der Waals surface area contributed by atoms with Gasteiger partial charge in [-0.1, -0.05) is 22.0 Å². The Morgan fingerprint density at radius 1 is 1.57 bits per heavy atom. The summed E-state index contributed by atoms with van der Waals surface area (Å²) in [5.74, 6) is -1.01. The van der Waals surface area contributed by atoms with Crippen molar-refractivity contribution in [3.05, 3.63) is 28.2 Å². The average Bonchev–Trinajstić information content (AvgIpc) is 2.09. The van der Waals surface area contributed by atoms with Crippen molar-refractivity contribution in [3.63, 3.8) is 0 Å². The monoisotopic (exact) mass is 258 g/mol. The highest BCUT2D eigenvalue weighted by Crippen LogP contribution is 2.20. The van der Waals surface area contributed by atoms with E-state index in [2.05, 4.69) is 15.9 Å². The first-order valence-electron chi connectivity index (χ1n) is 4.03. The molecule has 0 amide bonds. The van der Waals surface area contributed by atoms with Crippen molar-refractivity contribution in [3.8, 4) is 0 Å². The van der Waals surface area contributed by atoms with Crippen LogP contribution in [0.3, 0.4) is 0 Å². The molecule has 14 heavy (non-hydrogen) atoms. The van der Waals surface area contributed by atoms with E-state index in [1.807, 2.05) is 0 Å². The van der Waals surface area contributed by atoms with E-state index in [9.17, 15) is 4.79 Å². The van der Waals surface area contributed by atoms with Crippen LogP contribution in [0.2, 0.25) is 0 Å². The number of hydrogen-bond acceptors (Lipinski definition) is 3. The van der Waals surface area contributed by atoms with E-state index in [-0.39, 0.29) is 6.42 Å². The van der Waals surface area contributed by atoms with Crippen molar-refractivity contribution >= 4 is 27.6 Å². The predicted octanol–water partition coefficient (Wildman–Crippen LogP) is 0.986. The third-order valence-electron chi connectivity index (χ3n) is 1.83. The summed E-state index contributed by atoms with van der Waals surface area (Å²) >= 11 is 3.30. The van der Waals surface area contributed by atoms with Gasteiger partial charge < -0.3 is 16.6 Å². The summed E-state index contributed by atoms with van der Waals surface area (Å²) in [6, 6.07) is 4.33. The summed E-state index contributed by atoms with van der Waals surface area (Å²) in [4.78, 5) is 10.5. The number of carboxylic acid groups (broad SMARTS) is 1. The molecule has 0 aliphatic heterocycles. The second-order valence-electron chi connectivity index (χ2n) is 3.00. The third-order valence-corrected chi connectivity index (χ3v) is 2.57. The number of rotatable bonds is 3. The molecule has 0 unspecified atom stereocenters. The summed E-state index contributed by atoms with van der Waals surface area (Å²) in [6.07, 6.45) is 0.288. The van der Waals surface area contributed by atoms with Gasteiger partial charge in [0.25, 0.3) is 0 Å². The van der Waals surface area contributed by atoms with Crippen LogP contribution in [0, 0.1) is 0 Å². The minimum atomic E-state index is -1.01. The van der Waals surface area contributed by atoms with Gasteiger partial charge in [-0.05, 0) is 24.1 Å². The largest absolute Gasteiger partial charge is 0.480 e.